The first kappa shape index (κ1) is 22.9. The van der Waals surface area contributed by atoms with E-state index >= 15 is 0 Å². The number of hydrogen-bond acceptors (Lipinski definition) is 3. The summed E-state index contributed by atoms with van der Waals surface area (Å²) in [7, 11) is 0. The van der Waals surface area contributed by atoms with Crippen LogP contribution in [0.2, 0.25) is 0 Å². The van der Waals surface area contributed by atoms with Gasteiger partial charge < -0.3 is 0 Å². The van der Waals surface area contributed by atoms with E-state index in [0.717, 1.165) is 27.9 Å². The van der Waals surface area contributed by atoms with Crippen LogP contribution in [0.1, 0.15) is 43.2 Å². The largest absolute Gasteiger partial charge is 0.264 e. The predicted octanol–water partition coefficient (Wildman–Crippen LogP) is 8.25. The maximum absolute atomic E-state index is 4.70. The van der Waals surface area contributed by atoms with Gasteiger partial charge in [-0.25, -0.2) is 0 Å². The number of benzene rings is 2. The highest BCUT2D eigenvalue weighted by Gasteiger charge is 2.18. The first-order valence-corrected chi connectivity index (χ1v) is 12.1. The Morgan fingerprint density at radius 2 is 1.37 bits per heavy atom. The topological polar surface area (TPSA) is 38.7 Å². The van der Waals surface area contributed by atoms with Gasteiger partial charge in [0.25, 0.3) is 0 Å². The van der Waals surface area contributed by atoms with E-state index in [1.165, 1.54) is 38.8 Å². The van der Waals surface area contributed by atoms with Crippen LogP contribution in [0.25, 0.3) is 44.3 Å². The van der Waals surface area contributed by atoms with Gasteiger partial charge >= 0.3 is 0 Å². The lowest BCUT2D eigenvalue weighted by Gasteiger charge is -2.20. The van der Waals surface area contributed by atoms with Crippen LogP contribution in [0.15, 0.2) is 79.4 Å². The molecule has 0 aliphatic heterocycles. The van der Waals surface area contributed by atoms with Crippen LogP contribution < -0.4 is 0 Å². The molecule has 5 rings (SSSR count). The third-order valence-electron chi connectivity index (χ3n) is 6.95. The molecule has 0 spiro atoms. The molecule has 0 atom stereocenters. The van der Waals surface area contributed by atoms with E-state index in [0.29, 0.717) is 0 Å². The number of hydrogen-bond donors (Lipinski definition) is 0. The first-order valence-electron chi connectivity index (χ1n) is 12.1. The molecule has 0 aliphatic carbocycles. The van der Waals surface area contributed by atoms with Crippen molar-refractivity contribution >= 4 is 10.8 Å². The monoisotopic (exact) mass is 457 g/mol. The zero-order valence-corrected chi connectivity index (χ0v) is 21.3. The van der Waals surface area contributed by atoms with E-state index in [2.05, 4.69) is 99.2 Å². The number of rotatable bonds is 3. The number of nitrogens with zero attached hydrogens (tertiary/aromatic N) is 3. The first-order chi connectivity index (χ1) is 16.7. The Kier molecular flexibility index (Phi) is 5.72. The van der Waals surface area contributed by atoms with Gasteiger partial charge in [-0.3, -0.25) is 15.0 Å². The van der Waals surface area contributed by atoms with Crippen molar-refractivity contribution in [1.29, 1.82) is 0 Å². The molecule has 0 radical (unpaired) electrons. The highest BCUT2D eigenvalue weighted by Crippen LogP contribution is 2.41. The minimum atomic E-state index is 0.0749. The Balaban J connectivity index is 1.72. The fraction of sp³-hybridized carbons (Fsp3) is 0.219. The summed E-state index contributed by atoms with van der Waals surface area (Å²) in [5.74, 6) is 0. The van der Waals surface area contributed by atoms with Gasteiger partial charge in [-0.05, 0) is 95.3 Å². The number of fused-ring (bicyclic) bond motifs is 1. The summed E-state index contributed by atoms with van der Waals surface area (Å²) in [6.45, 7) is 13.2. The second-order valence-electron chi connectivity index (χ2n) is 10.4. The molecular formula is C32H31N3. The second kappa shape index (κ2) is 8.74. The summed E-state index contributed by atoms with van der Waals surface area (Å²) in [5.41, 5.74) is 11.8. The fourth-order valence-corrected chi connectivity index (χ4v) is 4.84. The lowest BCUT2D eigenvalue weighted by atomic mass is 9.85. The Morgan fingerprint density at radius 1 is 0.629 bits per heavy atom. The normalized spacial score (nSPS) is 11.7. The molecule has 35 heavy (non-hydrogen) atoms. The number of pyridine rings is 3. The molecule has 0 amide bonds. The standard InChI is InChI=1S/C32H31N3/c1-20-10-11-25(18-35-20)31-22(3)21(2)30(28-19-33-14-13-27(28)31)24-9-7-8-23(16-24)29-17-26(12-15-34-29)32(4,5)6/h7-19H,1-6H3. The minimum absolute atomic E-state index is 0.0749. The van der Waals surface area contributed by atoms with Gasteiger partial charge in [-0.1, -0.05) is 45.0 Å². The molecule has 0 saturated carbocycles. The molecule has 2 aromatic carbocycles. The lowest BCUT2D eigenvalue weighted by molar-refractivity contribution is 0.589. The van der Waals surface area contributed by atoms with Crippen LogP contribution in [0.4, 0.5) is 0 Å². The van der Waals surface area contributed by atoms with E-state index in [1.54, 1.807) is 0 Å². The molecule has 3 nitrogen and oxygen atoms in total. The van der Waals surface area contributed by atoms with Crippen LogP contribution in [0, 0.1) is 20.8 Å². The highest BCUT2D eigenvalue weighted by atomic mass is 14.7. The fourth-order valence-electron chi connectivity index (χ4n) is 4.84. The van der Waals surface area contributed by atoms with Crippen LogP contribution in [0.3, 0.4) is 0 Å². The summed E-state index contributed by atoms with van der Waals surface area (Å²) < 4.78 is 0. The summed E-state index contributed by atoms with van der Waals surface area (Å²) >= 11 is 0. The SMILES string of the molecule is Cc1ccc(-c2c(C)c(C)c(-c3cccc(-c4cc(C(C)(C)C)ccn4)c3)c3cnccc23)cn1. The van der Waals surface area contributed by atoms with E-state index in [1.807, 2.05) is 31.7 Å². The summed E-state index contributed by atoms with van der Waals surface area (Å²) in [4.78, 5) is 13.8. The third kappa shape index (κ3) is 4.23. The zero-order chi connectivity index (χ0) is 24.7. The molecule has 0 unspecified atom stereocenters. The van der Waals surface area contributed by atoms with Crippen LogP contribution in [-0.4, -0.2) is 15.0 Å². The molecule has 174 valence electrons. The van der Waals surface area contributed by atoms with Gasteiger partial charge in [-0.2, -0.15) is 0 Å². The maximum atomic E-state index is 4.70. The third-order valence-corrected chi connectivity index (χ3v) is 6.95. The van der Waals surface area contributed by atoms with Crippen molar-refractivity contribution in [2.24, 2.45) is 0 Å². The molecule has 3 aromatic heterocycles. The Labute approximate surface area is 207 Å². The van der Waals surface area contributed by atoms with Crippen molar-refractivity contribution < 1.29 is 0 Å². The molecule has 0 bridgehead atoms. The molecule has 3 heterocycles. The maximum Gasteiger partial charge on any atom is 0.0705 e. The van der Waals surface area contributed by atoms with Crippen molar-refractivity contribution in [1.82, 2.24) is 15.0 Å². The molecule has 0 fully saturated rings. The average Bonchev–Trinajstić information content (AvgIpc) is 2.85. The quantitative estimate of drug-likeness (QED) is 0.274. The van der Waals surface area contributed by atoms with E-state index in [4.69, 9.17) is 4.98 Å². The number of aryl methyl sites for hydroxylation is 1. The molecule has 0 aliphatic rings. The molecular weight excluding hydrogens is 426 g/mol. The van der Waals surface area contributed by atoms with Crippen LogP contribution in [0.5, 0.6) is 0 Å². The van der Waals surface area contributed by atoms with Gasteiger partial charge in [0.2, 0.25) is 0 Å². The van der Waals surface area contributed by atoms with Gasteiger partial charge in [-0.15, -0.1) is 0 Å². The summed E-state index contributed by atoms with van der Waals surface area (Å²) in [5, 5.41) is 2.35. The van der Waals surface area contributed by atoms with Crippen molar-refractivity contribution in [2.75, 3.05) is 0 Å². The summed E-state index contributed by atoms with van der Waals surface area (Å²) in [6, 6.07) is 19.4. The highest BCUT2D eigenvalue weighted by molar-refractivity contribution is 6.07. The second-order valence-corrected chi connectivity index (χ2v) is 10.4. The smallest absolute Gasteiger partial charge is 0.0705 e. The van der Waals surface area contributed by atoms with Gasteiger partial charge in [0.1, 0.15) is 0 Å². The Bertz CT molecular complexity index is 1540. The van der Waals surface area contributed by atoms with Crippen molar-refractivity contribution in [3.05, 3.63) is 102 Å². The van der Waals surface area contributed by atoms with E-state index < -0.39 is 0 Å². The van der Waals surface area contributed by atoms with Gasteiger partial charge in [0.05, 0.1) is 5.69 Å². The average molecular weight is 458 g/mol. The summed E-state index contributed by atoms with van der Waals surface area (Å²) in [6.07, 6.45) is 7.77. The van der Waals surface area contributed by atoms with E-state index in [-0.39, 0.29) is 5.41 Å². The molecule has 3 heteroatoms. The van der Waals surface area contributed by atoms with Crippen molar-refractivity contribution in [3.63, 3.8) is 0 Å². The number of aromatic nitrogens is 3. The van der Waals surface area contributed by atoms with Crippen LogP contribution >= 0.6 is 0 Å². The predicted molar refractivity (Wildman–Crippen MR) is 147 cm³/mol. The lowest BCUT2D eigenvalue weighted by Crippen LogP contribution is -2.11. The van der Waals surface area contributed by atoms with Crippen LogP contribution in [-0.2, 0) is 5.41 Å². The van der Waals surface area contributed by atoms with Crippen molar-refractivity contribution in [3.8, 4) is 33.5 Å². The molecule has 0 saturated heterocycles. The van der Waals surface area contributed by atoms with Gasteiger partial charge in [0.15, 0.2) is 0 Å². The van der Waals surface area contributed by atoms with Crippen molar-refractivity contribution in [2.45, 2.75) is 47.0 Å². The Hall–Kier alpha value is -3.85. The molecule has 0 N–H and O–H groups in total. The Morgan fingerprint density at radius 3 is 2.09 bits per heavy atom. The van der Waals surface area contributed by atoms with E-state index in [9.17, 15) is 0 Å². The molecule has 5 aromatic rings. The zero-order valence-electron chi connectivity index (χ0n) is 21.3. The minimum Gasteiger partial charge on any atom is -0.264 e. The van der Waals surface area contributed by atoms with Gasteiger partial charge in [0, 0.05) is 47.0 Å².